The van der Waals surface area contributed by atoms with Crippen molar-refractivity contribution in [2.75, 3.05) is 6.26 Å². The van der Waals surface area contributed by atoms with Gasteiger partial charge in [0.15, 0.2) is 9.84 Å². The molecular formula is C29H23F3N4O4S. The first-order chi connectivity index (χ1) is 19.3. The van der Waals surface area contributed by atoms with Gasteiger partial charge < -0.3 is 9.88 Å². The molecular weight excluding hydrogens is 557 g/mol. The van der Waals surface area contributed by atoms with Crippen molar-refractivity contribution >= 4 is 15.7 Å². The third-order valence-electron chi connectivity index (χ3n) is 6.36. The van der Waals surface area contributed by atoms with E-state index in [1.165, 1.54) is 30.5 Å². The quantitative estimate of drug-likeness (QED) is 0.344. The summed E-state index contributed by atoms with van der Waals surface area (Å²) in [6.07, 6.45) is -1.12. The van der Waals surface area contributed by atoms with E-state index in [4.69, 9.17) is 5.26 Å². The Morgan fingerprint density at radius 3 is 2.39 bits per heavy atom. The predicted molar refractivity (Wildman–Crippen MR) is 145 cm³/mol. The molecule has 0 saturated heterocycles. The smallest absolute Gasteiger partial charge is 0.346 e. The van der Waals surface area contributed by atoms with Crippen LogP contribution in [-0.2, 0) is 29.1 Å². The predicted octanol–water partition coefficient (Wildman–Crippen LogP) is 4.49. The molecule has 0 saturated carbocycles. The number of hydrogen-bond donors (Lipinski definition) is 1. The highest BCUT2D eigenvalue weighted by Crippen LogP contribution is 2.32. The van der Waals surface area contributed by atoms with Crippen LogP contribution >= 0.6 is 0 Å². The SMILES string of the molecule is Cc1c(-c2cccc(C(F)(F)F)c2)c(=O)c(C(=O)NCc2ccc(S(C)(=O)=O)cn2)cn1Cc1ccc(C#N)cc1. The van der Waals surface area contributed by atoms with E-state index < -0.39 is 32.9 Å². The number of alkyl halides is 3. The Hall–Kier alpha value is -4.76. The van der Waals surface area contributed by atoms with Gasteiger partial charge in [0.2, 0.25) is 5.43 Å². The van der Waals surface area contributed by atoms with Gasteiger partial charge in [-0.15, -0.1) is 0 Å². The maximum absolute atomic E-state index is 13.6. The van der Waals surface area contributed by atoms with Crippen molar-refractivity contribution in [1.29, 1.82) is 5.26 Å². The van der Waals surface area contributed by atoms with Gasteiger partial charge in [0.1, 0.15) is 5.56 Å². The van der Waals surface area contributed by atoms with Crippen LogP contribution in [0.2, 0.25) is 0 Å². The van der Waals surface area contributed by atoms with Crippen molar-refractivity contribution < 1.29 is 26.4 Å². The lowest BCUT2D eigenvalue weighted by Gasteiger charge is -2.18. The van der Waals surface area contributed by atoms with Gasteiger partial charge in [0.25, 0.3) is 5.91 Å². The molecule has 0 unspecified atom stereocenters. The highest BCUT2D eigenvalue weighted by molar-refractivity contribution is 7.90. The summed E-state index contributed by atoms with van der Waals surface area (Å²) in [5.74, 6) is -0.786. The summed E-state index contributed by atoms with van der Waals surface area (Å²) >= 11 is 0. The summed E-state index contributed by atoms with van der Waals surface area (Å²) in [7, 11) is -3.46. The van der Waals surface area contributed by atoms with Crippen LogP contribution in [0.4, 0.5) is 13.2 Å². The summed E-state index contributed by atoms with van der Waals surface area (Å²) in [5, 5.41) is 11.6. The van der Waals surface area contributed by atoms with Crippen LogP contribution in [0, 0.1) is 18.3 Å². The molecule has 0 spiro atoms. The third kappa shape index (κ3) is 6.70. The largest absolute Gasteiger partial charge is 0.416 e. The lowest BCUT2D eigenvalue weighted by atomic mass is 9.98. The Labute approximate surface area is 233 Å². The highest BCUT2D eigenvalue weighted by atomic mass is 32.2. The molecule has 0 aliphatic rings. The van der Waals surface area contributed by atoms with Crippen LogP contribution in [0.1, 0.15) is 38.4 Å². The Morgan fingerprint density at radius 1 is 1.10 bits per heavy atom. The molecule has 12 heteroatoms. The fourth-order valence-electron chi connectivity index (χ4n) is 4.15. The third-order valence-corrected chi connectivity index (χ3v) is 7.46. The number of nitrogens with zero attached hydrogens (tertiary/aromatic N) is 3. The number of hydrogen-bond acceptors (Lipinski definition) is 6. The van der Waals surface area contributed by atoms with Gasteiger partial charge in [-0.2, -0.15) is 18.4 Å². The topological polar surface area (TPSA) is 122 Å². The van der Waals surface area contributed by atoms with Gasteiger partial charge in [0, 0.05) is 36.5 Å². The van der Waals surface area contributed by atoms with Crippen LogP contribution in [0.15, 0.2) is 82.7 Å². The van der Waals surface area contributed by atoms with Crippen LogP contribution in [0.25, 0.3) is 11.1 Å². The molecule has 4 aromatic rings. The first kappa shape index (κ1) is 29.2. The second-order valence-corrected chi connectivity index (χ2v) is 11.3. The average Bonchev–Trinajstić information content (AvgIpc) is 2.93. The summed E-state index contributed by atoms with van der Waals surface area (Å²) in [6, 6.07) is 15.7. The first-order valence-electron chi connectivity index (χ1n) is 12.1. The second-order valence-electron chi connectivity index (χ2n) is 9.29. The second kappa shape index (κ2) is 11.4. The number of pyridine rings is 2. The van der Waals surface area contributed by atoms with E-state index >= 15 is 0 Å². The Kier molecular flexibility index (Phi) is 8.12. The summed E-state index contributed by atoms with van der Waals surface area (Å²) < 4.78 is 65.3. The Bertz CT molecular complexity index is 1820. The van der Waals surface area contributed by atoms with Crippen LogP contribution < -0.4 is 10.7 Å². The minimum absolute atomic E-state index is 0.00234. The number of carbonyl (C=O) groups excluding carboxylic acids is 1. The van der Waals surface area contributed by atoms with Crippen molar-refractivity contribution in [3.8, 4) is 17.2 Å². The molecule has 1 amide bonds. The number of nitrogens with one attached hydrogen (secondary N) is 1. The average molecular weight is 581 g/mol. The Morgan fingerprint density at radius 2 is 1.80 bits per heavy atom. The normalized spacial score (nSPS) is 11.6. The zero-order valence-electron chi connectivity index (χ0n) is 21.9. The molecule has 2 heterocycles. The number of carbonyl (C=O) groups is 1. The van der Waals surface area contributed by atoms with E-state index in [1.807, 2.05) is 6.07 Å². The maximum Gasteiger partial charge on any atom is 0.416 e. The number of aromatic nitrogens is 2. The number of sulfone groups is 1. The van der Waals surface area contributed by atoms with Crippen molar-refractivity contribution in [1.82, 2.24) is 14.9 Å². The van der Waals surface area contributed by atoms with Crippen LogP contribution in [0.3, 0.4) is 0 Å². The highest BCUT2D eigenvalue weighted by Gasteiger charge is 2.31. The molecule has 1 N–H and O–H groups in total. The maximum atomic E-state index is 13.6. The summed E-state index contributed by atoms with van der Waals surface area (Å²) in [6.45, 7) is 1.61. The van der Waals surface area contributed by atoms with Crippen molar-refractivity contribution in [3.63, 3.8) is 0 Å². The van der Waals surface area contributed by atoms with Crippen LogP contribution in [0.5, 0.6) is 0 Å². The molecule has 0 bridgehead atoms. The van der Waals surface area contributed by atoms with Crippen LogP contribution in [-0.4, -0.2) is 30.1 Å². The molecule has 210 valence electrons. The molecule has 41 heavy (non-hydrogen) atoms. The minimum Gasteiger partial charge on any atom is -0.346 e. The standard InChI is InChI=1S/C29H23F3N4O4S/c1-18-26(21-4-3-5-22(12-21)29(30,31)32)27(37)25(17-36(18)16-20-8-6-19(13-33)7-9-20)28(38)35-14-23-10-11-24(15-34-23)41(2,39)40/h3-12,15,17H,14,16H2,1-2H3,(H,35,38). The van der Waals surface area contributed by atoms with Crippen molar-refractivity contribution in [3.05, 3.63) is 117 Å². The molecule has 0 fully saturated rings. The lowest BCUT2D eigenvalue weighted by molar-refractivity contribution is -0.137. The van der Waals surface area contributed by atoms with Gasteiger partial charge in [-0.05, 0) is 54.4 Å². The molecule has 0 aliphatic carbocycles. The molecule has 0 aliphatic heterocycles. The Balaban J connectivity index is 1.75. The fourth-order valence-corrected chi connectivity index (χ4v) is 4.71. The molecule has 0 atom stereocenters. The molecule has 4 rings (SSSR count). The van der Waals surface area contributed by atoms with E-state index in [0.717, 1.165) is 30.1 Å². The number of rotatable bonds is 7. The number of nitriles is 1. The van der Waals surface area contributed by atoms with Gasteiger partial charge >= 0.3 is 6.18 Å². The molecule has 0 radical (unpaired) electrons. The summed E-state index contributed by atoms with van der Waals surface area (Å²) in [5.41, 5.74) is -0.217. The molecule has 8 nitrogen and oxygen atoms in total. The van der Waals surface area contributed by atoms with Gasteiger partial charge in [-0.1, -0.05) is 24.3 Å². The van der Waals surface area contributed by atoms with Gasteiger partial charge in [-0.3, -0.25) is 14.6 Å². The van der Waals surface area contributed by atoms with Gasteiger partial charge in [0.05, 0.1) is 34.3 Å². The van der Waals surface area contributed by atoms with Crippen molar-refractivity contribution in [2.45, 2.75) is 31.1 Å². The van der Waals surface area contributed by atoms with E-state index in [-0.39, 0.29) is 34.7 Å². The molecule has 2 aromatic carbocycles. The number of benzene rings is 2. The van der Waals surface area contributed by atoms with E-state index in [0.29, 0.717) is 17.0 Å². The van der Waals surface area contributed by atoms with Crippen molar-refractivity contribution in [2.24, 2.45) is 0 Å². The lowest BCUT2D eigenvalue weighted by Crippen LogP contribution is -2.31. The summed E-state index contributed by atoms with van der Waals surface area (Å²) in [4.78, 5) is 30.8. The molecule has 2 aromatic heterocycles. The van der Waals surface area contributed by atoms with Gasteiger partial charge in [-0.25, -0.2) is 8.42 Å². The minimum atomic E-state index is -4.64. The monoisotopic (exact) mass is 580 g/mol. The fraction of sp³-hybridized carbons (Fsp3) is 0.172. The number of amides is 1. The van der Waals surface area contributed by atoms with E-state index in [2.05, 4.69) is 10.3 Å². The zero-order chi connectivity index (χ0) is 29.9. The zero-order valence-corrected chi connectivity index (χ0v) is 22.7. The first-order valence-corrected chi connectivity index (χ1v) is 14.0. The number of halogens is 3. The van der Waals surface area contributed by atoms with E-state index in [1.54, 1.807) is 35.8 Å². The van der Waals surface area contributed by atoms with E-state index in [9.17, 15) is 31.2 Å².